The van der Waals surface area contributed by atoms with E-state index in [4.69, 9.17) is 9.72 Å². The quantitative estimate of drug-likeness (QED) is 0.912. The van der Waals surface area contributed by atoms with E-state index in [1.54, 1.807) is 0 Å². The van der Waals surface area contributed by atoms with Gasteiger partial charge in [-0.15, -0.1) is 0 Å². The molecular formula is C16H24N2O2. The maximum atomic E-state index is 9.44. The SMILES string of the molecule is CC(C)c1ccc([C@@H]2CCOC2)c(CN2CC(O)C2)n1. The number of aliphatic hydroxyl groups is 1. The molecule has 2 fully saturated rings. The van der Waals surface area contributed by atoms with Gasteiger partial charge in [0.1, 0.15) is 0 Å². The minimum atomic E-state index is -0.151. The lowest BCUT2D eigenvalue weighted by atomic mass is 9.94. The number of β-amino-alcohol motifs (C(OH)–C–C–N with tert-alkyl or cyclic N) is 1. The highest BCUT2D eigenvalue weighted by atomic mass is 16.5. The molecule has 0 aliphatic carbocycles. The lowest BCUT2D eigenvalue weighted by Crippen LogP contribution is -2.50. The first-order valence-electron chi connectivity index (χ1n) is 7.61. The number of pyridine rings is 1. The zero-order valence-electron chi connectivity index (χ0n) is 12.4. The van der Waals surface area contributed by atoms with Crippen molar-refractivity contribution < 1.29 is 9.84 Å². The molecule has 0 bridgehead atoms. The fourth-order valence-electron chi connectivity index (χ4n) is 3.01. The molecule has 2 saturated heterocycles. The summed E-state index contributed by atoms with van der Waals surface area (Å²) in [4.78, 5) is 7.15. The Balaban J connectivity index is 1.83. The lowest BCUT2D eigenvalue weighted by Gasteiger charge is -2.36. The minimum absolute atomic E-state index is 0.151. The van der Waals surface area contributed by atoms with Crippen molar-refractivity contribution in [2.75, 3.05) is 26.3 Å². The number of hydrogen-bond donors (Lipinski definition) is 1. The molecule has 20 heavy (non-hydrogen) atoms. The van der Waals surface area contributed by atoms with Gasteiger partial charge in [0.05, 0.1) is 18.4 Å². The Hall–Kier alpha value is -0.970. The Morgan fingerprint density at radius 1 is 1.40 bits per heavy atom. The monoisotopic (exact) mass is 276 g/mol. The number of aliphatic hydroxyl groups excluding tert-OH is 1. The van der Waals surface area contributed by atoms with Crippen LogP contribution in [0.5, 0.6) is 0 Å². The van der Waals surface area contributed by atoms with Gasteiger partial charge < -0.3 is 9.84 Å². The number of ether oxygens (including phenoxy) is 1. The van der Waals surface area contributed by atoms with Gasteiger partial charge in [-0.05, 0) is 24.0 Å². The molecule has 110 valence electrons. The Labute approximate surface area is 120 Å². The molecule has 1 N–H and O–H groups in total. The third kappa shape index (κ3) is 2.87. The molecule has 4 heteroatoms. The van der Waals surface area contributed by atoms with E-state index in [9.17, 15) is 5.11 Å². The fraction of sp³-hybridized carbons (Fsp3) is 0.688. The summed E-state index contributed by atoms with van der Waals surface area (Å²) in [5.74, 6) is 0.939. The maximum Gasteiger partial charge on any atom is 0.0794 e. The zero-order valence-corrected chi connectivity index (χ0v) is 12.4. The summed E-state index contributed by atoms with van der Waals surface area (Å²) in [5, 5.41) is 9.44. The second kappa shape index (κ2) is 5.80. The molecule has 2 aliphatic rings. The minimum Gasteiger partial charge on any atom is -0.390 e. The molecule has 0 spiro atoms. The summed E-state index contributed by atoms with van der Waals surface area (Å²) in [6.45, 7) is 8.43. The van der Waals surface area contributed by atoms with Crippen LogP contribution in [0, 0.1) is 0 Å². The van der Waals surface area contributed by atoms with Gasteiger partial charge in [-0.1, -0.05) is 19.9 Å². The Morgan fingerprint density at radius 3 is 2.80 bits per heavy atom. The van der Waals surface area contributed by atoms with Crippen molar-refractivity contribution in [3.05, 3.63) is 29.1 Å². The molecule has 0 amide bonds. The van der Waals surface area contributed by atoms with Crippen LogP contribution in [-0.2, 0) is 11.3 Å². The van der Waals surface area contributed by atoms with Crippen molar-refractivity contribution >= 4 is 0 Å². The van der Waals surface area contributed by atoms with Crippen LogP contribution in [0.3, 0.4) is 0 Å². The smallest absolute Gasteiger partial charge is 0.0794 e. The second-order valence-electron chi connectivity index (χ2n) is 6.34. The molecule has 0 aromatic carbocycles. The molecule has 0 unspecified atom stereocenters. The number of hydrogen-bond acceptors (Lipinski definition) is 4. The molecule has 2 aliphatic heterocycles. The normalized spacial score (nSPS) is 24.3. The van der Waals surface area contributed by atoms with Gasteiger partial charge in [-0.3, -0.25) is 9.88 Å². The van der Waals surface area contributed by atoms with Crippen LogP contribution in [-0.4, -0.2) is 47.4 Å². The number of likely N-dealkylation sites (tertiary alicyclic amines) is 1. The molecule has 1 aromatic rings. The summed E-state index contributed by atoms with van der Waals surface area (Å²) < 4.78 is 5.53. The fourth-order valence-corrected chi connectivity index (χ4v) is 3.01. The summed E-state index contributed by atoms with van der Waals surface area (Å²) in [6, 6.07) is 4.40. The summed E-state index contributed by atoms with van der Waals surface area (Å²) >= 11 is 0. The Bertz CT molecular complexity index is 464. The van der Waals surface area contributed by atoms with E-state index in [-0.39, 0.29) is 6.10 Å². The first-order chi connectivity index (χ1) is 9.63. The first kappa shape index (κ1) is 14.0. The zero-order chi connectivity index (χ0) is 14.1. The van der Waals surface area contributed by atoms with Gasteiger partial charge in [-0.2, -0.15) is 0 Å². The second-order valence-corrected chi connectivity index (χ2v) is 6.34. The lowest BCUT2D eigenvalue weighted by molar-refractivity contribution is -0.00379. The average molecular weight is 276 g/mol. The van der Waals surface area contributed by atoms with E-state index in [2.05, 4.69) is 30.9 Å². The predicted octanol–water partition coefficient (Wildman–Crippen LogP) is 1.89. The van der Waals surface area contributed by atoms with Gasteiger partial charge >= 0.3 is 0 Å². The number of rotatable bonds is 4. The van der Waals surface area contributed by atoms with Gasteiger partial charge in [0, 0.05) is 37.9 Å². The van der Waals surface area contributed by atoms with E-state index in [0.29, 0.717) is 11.8 Å². The van der Waals surface area contributed by atoms with Crippen LogP contribution in [0.4, 0.5) is 0 Å². The third-order valence-corrected chi connectivity index (χ3v) is 4.30. The van der Waals surface area contributed by atoms with E-state index < -0.39 is 0 Å². The topological polar surface area (TPSA) is 45.6 Å². The molecule has 0 radical (unpaired) electrons. The molecule has 1 aromatic heterocycles. The highest BCUT2D eigenvalue weighted by Gasteiger charge is 2.28. The highest BCUT2D eigenvalue weighted by molar-refractivity contribution is 5.29. The molecule has 3 heterocycles. The van der Waals surface area contributed by atoms with Gasteiger partial charge in [0.25, 0.3) is 0 Å². The number of aromatic nitrogens is 1. The largest absolute Gasteiger partial charge is 0.390 e. The summed E-state index contributed by atoms with van der Waals surface area (Å²) in [5.41, 5.74) is 3.68. The van der Waals surface area contributed by atoms with E-state index in [0.717, 1.165) is 45.0 Å². The van der Waals surface area contributed by atoms with Crippen LogP contribution in [0.25, 0.3) is 0 Å². The Kier molecular flexibility index (Phi) is 4.06. The summed E-state index contributed by atoms with van der Waals surface area (Å²) in [6.07, 6.45) is 0.944. The third-order valence-electron chi connectivity index (χ3n) is 4.30. The van der Waals surface area contributed by atoms with Gasteiger partial charge in [-0.25, -0.2) is 0 Å². The van der Waals surface area contributed by atoms with Crippen LogP contribution in [0.15, 0.2) is 12.1 Å². The standard InChI is InChI=1S/C16H24N2O2/c1-11(2)15-4-3-14(12-5-6-20-10-12)16(17-15)9-18-7-13(19)8-18/h3-4,11-13,19H,5-10H2,1-2H3/t12-/m1/s1. The first-order valence-corrected chi connectivity index (χ1v) is 7.61. The van der Waals surface area contributed by atoms with Crippen molar-refractivity contribution in [2.45, 2.75) is 44.8 Å². The van der Waals surface area contributed by atoms with E-state index >= 15 is 0 Å². The van der Waals surface area contributed by atoms with Crippen LogP contribution < -0.4 is 0 Å². The van der Waals surface area contributed by atoms with Crippen LogP contribution >= 0.6 is 0 Å². The summed E-state index contributed by atoms with van der Waals surface area (Å²) in [7, 11) is 0. The average Bonchev–Trinajstić information content (AvgIpc) is 2.90. The van der Waals surface area contributed by atoms with E-state index in [1.165, 1.54) is 11.3 Å². The van der Waals surface area contributed by atoms with Crippen molar-refractivity contribution in [2.24, 2.45) is 0 Å². The number of nitrogens with zero attached hydrogens (tertiary/aromatic N) is 2. The molecule has 3 rings (SSSR count). The van der Waals surface area contributed by atoms with Crippen molar-refractivity contribution in [1.29, 1.82) is 0 Å². The molecule has 0 saturated carbocycles. The van der Waals surface area contributed by atoms with Crippen molar-refractivity contribution in [3.63, 3.8) is 0 Å². The van der Waals surface area contributed by atoms with Crippen molar-refractivity contribution in [1.82, 2.24) is 9.88 Å². The van der Waals surface area contributed by atoms with Gasteiger partial charge in [0.2, 0.25) is 0 Å². The van der Waals surface area contributed by atoms with Crippen molar-refractivity contribution in [3.8, 4) is 0 Å². The van der Waals surface area contributed by atoms with E-state index in [1.807, 2.05) is 0 Å². The molecule has 1 atom stereocenters. The highest BCUT2D eigenvalue weighted by Crippen LogP contribution is 2.29. The molecule has 4 nitrogen and oxygen atoms in total. The predicted molar refractivity (Wildman–Crippen MR) is 77.8 cm³/mol. The molecular weight excluding hydrogens is 252 g/mol. The van der Waals surface area contributed by atoms with Crippen LogP contribution in [0.2, 0.25) is 0 Å². The maximum absolute atomic E-state index is 9.44. The van der Waals surface area contributed by atoms with Crippen LogP contribution in [0.1, 0.15) is 49.1 Å². The van der Waals surface area contributed by atoms with Gasteiger partial charge in [0.15, 0.2) is 0 Å². The Morgan fingerprint density at radius 2 is 2.20 bits per heavy atom.